The largest absolute Gasteiger partial charge is 0.497 e. The second kappa shape index (κ2) is 8.90. The standard InChI is InChI=1S/C16H18N4O2S2/c1-21-13-8-6-11(7-9-13)17-15(23)19-20-16(24)18-12-4-3-5-14(10-12)22-2/h3-10H,1-2H3,(H2,17,19,23)(H2,18,20,24). The molecule has 4 N–H and O–H groups in total. The first-order chi connectivity index (χ1) is 11.6. The first-order valence-corrected chi connectivity index (χ1v) is 7.84. The highest BCUT2D eigenvalue weighted by Gasteiger charge is 2.01. The Bertz CT molecular complexity index is 707. The molecule has 0 unspecified atom stereocenters. The van der Waals surface area contributed by atoms with E-state index in [1.54, 1.807) is 14.2 Å². The van der Waals surface area contributed by atoms with E-state index in [4.69, 9.17) is 33.9 Å². The van der Waals surface area contributed by atoms with E-state index in [0.29, 0.717) is 10.2 Å². The molecule has 0 heterocycles. The lowest BCUT2D eigenvalue weighted by atomic mass is 10.3. The molecule has 6 nitrogen and oxygen atoms in total. The molecule has 0 aliphatic rings. The fourth-order valence-electron chi connectivity index (χ4n) is 1.81. The summed E-state index contributed by atoms with van der Waals surface area (Å²) >= 11 is 10.4. The lowest BCUT2D eigenvalue weighted by Gasteiger charge is -2.14. The Morgan fingerprint density at radius 2 is 1.33 bits per heavy atom. The molecule has 2 aromatic rings. The molecule has 0 aliphatic carbocycles. The van der Waals surface area contributed by atoms with Crippen molar-refractivity contribution in [1.82, 2.24) is 10.9 Å². The number of methoxy groups -OCH3 is 2. The summed E-state index contributed by atoms with van der Waals surface area (Å²) in [6.07, 6.45) is 0. The van der Waals surface area contributed by atoms with Gasteiger partial charge in [0.15, 0.2) is 10.2 Å². The molecule has 0 atom stereocenters. The van der Waals surface area contributed by atoms with Gasteiger partial charge in [-0.25, -0.2) is 0 Å². The quantitative estimate of drug-likeness (QED) is 0.489. The fraction of sp³-hybridized carbons (Fsp3) is 0.125. The van der Waals surface area contributed by atoms with Crippen LogP contribution in [-0.2, 0) is 0 Å². The van der Waals surface area contributed by atoms with Crippen LogP contribution in [0.15, 0.2) is 48.5 Å². The van der Waals surface area contributed by atoms with Crippen molar-refractivity contribution in [3.63, 3.8) is 0 Å². The predicted octanol–water partition coefficient (Wildman–Crippen LogP) is 2.89. The molecule has 0 spiro atoms. The third kappa shape index (κ3) is 5.56. The van der Waals surface area contributed by atoms with Crippen molar-refractivity contribution in [1.29, 1.82) is 0 Å². The van der Waals surface area contributed by atoms with Gasteiger partial charge in [0, 0.05) is 17.4 Å². The minimum Gasteiger partial charge on any atom is -0.497 e. The van der Waals surface area contributed by atoms with E-state index >= 15 is 0 Å². The number of anilines is 2. The van der Waals surface area contributed by atoms with E-state index < -0.39 is 0 Å². The maximum atomic E-state index is 5.20. The Morgan fingerprint density at radius 1 is 0.750 bits per heavy atom. The number of rotatable bonds is 4. The number of thiocarbonyl (C=S) groups is 2. The predicted molar refractivity (Wildman–Crippen MR) is 105 cm³/mol. The van der Waals surface area contributed by atoms with E-state index in [1.165, 1.54) is 0 Å². The van der Waals surface area contributed by atoms with Crippen LogP contribution in [0.2, 0.25) is 0 Å². The number of hydrogen-bond acceptors (Lipinski definition) is 4. The van der Waals surface area contributed by atoms with Crippen LogP contribution in [0.25, 0.3) is 0 Å². The van der Waals surface area contributed by atoms with E-state index in [9.17, 15) is 0 Å². The summed E-state index contributed by atoms with van der Waals surface area (Å²) in [5, 5.41) is 6.81. The van der Waals surface area contributed by atoms with Crippen molar-refractivity contribution < 1.29 is 9.47 Å². The summed E-state index contributed by atoms with van der Waals surface area (Å²) in [5.41, 5.74) is 7.27. The van der Waals surface area contributed by atoms with Crippen molar-refractivity contribution in [3.8, 4) is 11.5 Å². The highest BCUT2D eigenvalue weighted by molar-refractivity contribution is 7.81. The summed E-state index contributed by atoms with van der Waals surface area (Å²) in [7, 11) is 3.23. The lowest BCUT2D eigenvalue weighted by Crippen LogP contribution is -2.45. The Kier molecular flexibility index (Phi) is 6.59. The van der Waals surface area contributed by atoms with Gasteiger partial charge in [0.1, 0.15) is 11.5 Å². The van der Waals surface area contributed by atoms with Crippen LogP contribution in [0.1, 0.15) is 0 Å². The van der Waals surface area contributed by atoms with Crippen molar-refractivity contribution in [3.05, 3.63) is 48.5 Å². The molecule has 0 fully saturated rings. The van der Waals surface area contributed by atoms with Crippen molar-refractivity contribution in [2.45, 2.75) is 0 Å². The maximum Gasteiger partial charge on any atom is 0.189 e. The Hall–Kier alpha value is -2.58. The third-order valence-electron chi connectivity index (χ3n) is 2.97. The molecule has 8 heteroatoms. The topological polar surface area (TPSA) is 66.6 Å². The van der Waals surface area contributed by atoms with Crippen LogP contribution in [-0.4, -0.2) is 24.4 Å². The zero-order valence-corrected chi connectivity index (χ0v) is 14.9. The normalized spacial score (nSPS) is 9.58. The summed E-state index contributed by atoms with van der Waals surface area (Å²) < 4.78 is 10.3. The summed E-state index contributed by atoms with van der Waals surface area (Å²) in [6.45, 7) is 0. The van der Waals surface area contributed by atoms with E-state index in [-0.39, 0.29) is 0 Å². The first kappa shape index (κ1) is 17.8. The van der Waals surface area contributed by atoms with Gasteiger partial charge < -0.3 is 20.1 Å². The van der Waals surface area contributed by atoms with Gasteiger partial charge in [0.05, 0.1) is 14.2 Å². The van der Waals surface area contributed by atoms with Crippen LogP contribution >= 0.6 is 24.4 Å². The van der Waals surface area contributed by atoms with Gasteiger partial charge in [0.25, 0.3) is 0 Å². The van der Waals surface area contributed by atoms with Crippen LogP contribution in [0, 0.1) is 0 Å². The van der Waals surface area contributed by atoms with E-state index in [0.717, 1.165) is 22.9 Å². The minimum atomic E-state index is 0.377. The highest BCUT2D eigenvalue weighted by Crippen LogP contribution is 2.16. The summed E-state index contributed by atoms with van der Waals surface area (Å²) in [4.78, 5) is 0. The average Bonchev–Trinajstić information content (AvgIpc) is 2.61. The van der Waals surface area contributed by atoms with Gasteiger partial charge in [-0.3, -0.25) is 10.9 Å². The molecular weight excluding hydrogens is 344 g/mol. The molecule has 2 aromatic carbocycles. The van der Waals surface area contributed by atoms with Gasteiger partial charge in [-0.1, -0.05) is 6.07 Å². The minimum absolute atomic E-state index is 0.377. The third-order valence-corrected chi connectivity index (χ3v) is 3.37. The van der Waals surface area contributed by atoms with Crippen molar-refractivity contribution >= 4 is 46.0 Å². The summed E-state index contributed by atoms with van der Waals surface area (Å²) in [5.74, 6) is 1.52. The highest BCUT2D eigenvalue weighted by atomic mass is 32.1. The molecule has 0 bridgehead atoms. The van der Waals surface area contributed by atoms with Crippen LogP contribution in [0.5, 0.6) is 11.5 Å². The van der Waals surface area contributed by atoms with Gasteiger partial charge >= 0.3 is 0 Å². The number of ether oxygens (including phenoxy) is 2. The molecular formula is C16H18N4O2S2. The Morgan fingerprint density at radius 3 is 1.92 bits per heavy atom. The van der Waals surface area contributed by atoms with Gasteiger partial charge in [0.2, 0.25) is 0 Å². The van der Waals surface area contributed by atoms with Gasteiger partial charge in [-0.15, -0.1) is 0 Å². The van der Waals surface area contributed by atoms with Crippen LogP contribution in [0.4, 0.5) is 11.4 Å². The SMILES string of the molecule is COc1ccc(NC(=S)NNC(=S)Nc2cccc(OC)c2)cc1. The van der Waals surface area contributed by atoms with Crippen LogP contribution in [0.3, 0.4) is 0 Å². The van der Waals surface area contributed by atoms with Crippen molar-refractivity contribution in [2.24, 2.45) is 0 Å². The molecule has 24 heavy (non-hydrogen) atoms. The fourth-order valence-corrected chi connectivity index (χ4v) is 2.15. The number of hydrazine groups is 1. The van der Waals surface area contributed by atoms with Gasteiger partial charge in [-0.05, 0) is 60.8 Å². The molecule has 0 saturated carbocycles. The second-order valence-corrected chi connectivity index (χ2v) is 5.44. The monoisotopic (exact) mass is 362 g/mol. The Labute approximate surface area is 151 Å². The molecule has 0 saturated heterocycles. The number of benzene rings is 2. The molecule has 0 aliphatic heterocycles. The Balaban J connectivity index is 1.78. The van der Waals surface area contributed by atoms with Crippen molar-refractivity contribution in [2.75, 3.05) is 24.9 Å². The molecule has 126 valence electrons. The summed E-state index contributed by atoms with van der Waals surface area (Å²) in [6, 6.07) is 14.8. The molecule has 0 amide bonds. The number of nitrogens with one attached hydrogen (secondary N) is 4. The number of hydrogen-bond donors (Lipinski definition) is 4. The van der Waals surface area contributed by atoms with E-state index in [2.05, 4.69) is 21.5 Å². The second-order valence-electron chi connectivity index (χ2n) is 4.62. The lowest BCUT2D eigenvalue weighted by molar-refractivity contribution is 0.415. The first-order valence-electron chi connectivity index (χ1n) is 7.03. The molecule has 0 aromatic heterocycles. The van der Waals surface area contributed by atoms with Crippen LogP contribution < -0.4 is 31.0 Å². The smallest absolute Gasteiger partial charge is 0.189 e. The van der Waals surface area contributed by atoms with Gasteiger partial charge in [-0.2, -0.15) is 0 Å². The molecule has 0 radical (unpaired) electrons. The maximum absolute atomic E-state index is 5.20. The zero-order chi connectivity index (χ0) is 17.4. The molecule has 2 rings (SSSR count). The van der Waals surface area contributed by atoms with E-state index in [1.807, 2.05) is 48.5 Å². The zero-order valence-electron chi connectivity index (χ0n) is 13.3. The average molecular weight is 362 g/mol.